The van der Waals surface area contributed by atoms with Gasteiger partial charge < -0.3 is 15.7 Å². The third kappa shape index (κ3) is 6.43. The number of aliphatic carboxylic acids is 1. The fourth-order valence-corrected chi connectivity index (χ4v) is 4.18. The van der Waals surface area contributed by atoms with E-state index in [1.54, 1.807) is 0 Å². The summed E-state index contributed by atoms with van der Waals surface area (Å²) in [6.07, 6.45) is 7.10. The number of carbonyl (C=O) groups is 2. The summed E-state index contributed by atoms with van der Waals surface area (Å²) in [4.78, 5) is 23.5. The van der Waals surface area contributed by atoms with Gasteiger partial charge in [-0.15, -0.1) is 11.8 Å². The SMILES string of the molecule is Cc1cc(SC2CCCCC2)ccc1NC(=O)NCCCC(=O)O. The summed E-state index contributed by atoms with van der Waals surface area (Å²) in [5, 5.41) is 14.8. The molecule has 6 heteroatoms. The molecular formula is C18H26N2O3S. The van der Waals surface area contributed by atoms with E-state index in [2.05, 4.69) is 22.8 Å². The summed E-state index contributed by atoms with van der Waals surface area (Å²) < 4.78 is 0. The van der Waals surface area contributed by atoms with Crippen LogP contribution in [0.4, 0.5) is 10.5 Å². The van der Waals surface area contributed by atoms with Gasteiger partial charge in [-0.05, 0) is 49.9 Å². The van der Waals surface area contributed by atoms with Crippen LogP contribution in [0.5, 0.6) is 0 Å². The van der Waals surface area contributed by atoms with E-state index in [1.807, 2.05) is 24.8 Å². The number of thioether (sulfide) groups is 1. The van der Waals surface area contributed by atoms with Crippen LogP contribution in [0.1, 0.15) is 50.5 Å². The number of carboxylic acids is 1. The first-order chi connectivity index (χ1) is 11.5. The molecule has 2 amide bonds. The number of nitrogens with one attached hydrogen (secondary N) is 2. The van der Waals surface area contributed by atoms with E-state index < -0.39 is 5.97 Å². The van der Waals surface area contributed by atoms with Crippen molar-refractivity contribution in [3.63, 3.8) is 0 Å². The highest BCUT2D eigenvalue weighted by Gasteiger charge is 2.15. The Labute approximate surface area is 147 Å². The van der Waals surface area contributed by atoms with Crippen molar-refractivity contribution in [1.82, 2.24) is 5.32 Å². The number of urea groups is 1. The number of rotatable bonds is 7. The largest absolute Gasteiger partial charge is 0.481 e. The van der Waals surface area contributed by atoms with Gasteiger partial charge in [0, 0.05) is 28.8 Å². The van der Waals surface area contributed by atoms with Crippen molar-refractivity contribution in [1.29, 1.82) is 0 Å². The van der Waals surface area contributed by atoms with Gasteiger partial charge in [-0.3, -0.25) is 4.79 Å². The first kappa shape index (κ1) is 18.6. The standard InChI is InChI=1S/C18H26N2O3S/c1-13-12-15(24-14-6-3-2-4-7-14)9-10-16(13)20-18(23)19-11-5-8-17(21)22/h9-10,12,14H,2-8,11H2,1H3,(H,21,22)(H2,19,20,23). The van der Waals surface area contributed by atoms with Crippen molar-refractivity contribution in [2.75, 3.05) is 11.9 Å². The highest BCUT2D eigenvalue weighted by Crippen LogP contribution is 2.34. The van der Waals surface area contributed by atoms with Crippen molar-refractivity contribution < 1.29 is 14.7 Å². The number of carboxylic acid groups (broad SMARTS) is 1. The Hall–Kier alpha value is -1.69. The van der Waals surface area contributed by atoms with Crippen molar-refractivity contribution >= 4 is 29.4 Å². The Morgan fingerprint density at radius 2 is 2.00 bits per heavy atom. The zero-order chi connectivity index (χ0) is 17.4. The molecule has 1 aliphatic rings. The number of hydrogen-bond donors (Lipinski definition) is 3. The van der Waals surface area contributed by atoms with Gasteiger partial charge in [0.25, 0.3) is 0 Å². The Balaban J connectivity index is 1.80. The molecule has 0 aliphatic heterocycles. The molecule has 1 fully saturated rings. The smallest absolute Gasteiger partial charge is 0.319 e. The predicted molar refractivity (Wildman–Crippen MR) is 97.8 cm³/mol. The maximum Gasteiger partial charge on any atom is 0.319 e. The molecule has 3 N–H and O–H groups in total. The summed E-state index contributed by atoms with van der Waals surface area (Å²) in [5.74, 6) is -0.848. The number of anilines is 1. The van der Waals surface area contributed by atoms with E-state index in [0.717, 1.165) is 16.5 Å². The Kier molecular flexibility index (Phi) is 7.43. The van der Waals surface area contributed by atoms with Crippen LogP contribution in [0, 0.1) is 6.92 Å². The molecule has 0 spiro atoms. The van der Waals surface area contributed by atoms with Crippen LogP contribution in [0.3, 0.4) is 0 Å². The maximum absolute atomic E-state index is 11.8. The Morgan fingerprint density at radius 3 is 2.67 bits per heavy atom. The lowest BCUT2D eigenvalue weighted by molar-refractivity contribution is -0.137. The Morgan fingerprint density at radius 1 is 1.25 bits per heavy atom. The van der Waals surface area contributed by atoms with Crippen LogP contribution in [-0.2, 0) is 4.79 Å². The quantitative estimate of drug-likeness (QED) is 0.637. The van der Waals surface area contributed by atoms with Crippen LogP contribution >= 0.6 is 11.8 Å². The molecule has 1 saturated carbocycles. The number of hydrogen-bond acceptors (Lipinski definition) is 3. The number of amides is 2. The molecule has 1 aromatic carbocycles. The average molecular weight is 350 g/mol. The molecular weight excluding hydrogens is 324 g/mol. The van der Waals surface area contributed by atoms with Gasteiger partial charge in [0.1, 0.15) is 0 Å². The number of aryl methyl sites for hydroxylation is 1. The highest BCUT2D eigenvalue weighted by atomic mass is 32.2. The zero-order valence-electron chi connectivity index (χ0n) is 14.1. The van der Waals surface area contributed by atoms with Gasteiger partial charge >= 0.3 is 12.0 Å². The van der Waals surface area contributed by atoms with E-state index in [-0.39, 0.29) is 12.5 Å². The van der Waals surface area contributed by atoms with Crippen molar-refractivity contribution in [3.8, 4) is 0 Å². The molecule has 0 aromatic heterocycles. The van der Waals surface area contributed by atoms with E-state index in [0.29, 0.717) is 13.0 Å². The normalized spacial score (nSPS) is 15.0. The molecule has 0 bridgehead atoms. The molecule has 0 unspecified atom stereocenters. The monoisotopic (exact) mass is 350 g/mol. The third-order valence-electron chi connectivity index (χ3n) is 4.15. The summed E-state index contributed by atoms with van der Waals surface area (Å²) in [5.41, 5.74) is 1.83. The molecule has 5 nitrogen and oxygen atoms in total. The molecule has 132 valence electrons. The second-order valence-corrected chi connectivity index (χ2v) is 7.61. The molecule has 0 saturated heterocycles. The van der Waals surface area contributed by atoms with Crippen molar-refractivity contribution in [2.24, 2.45) is 0 Å². The van der Waals surface area contributed by atoms with E-state index in [4.69, 9.17) is 5.11 Å². The minimum Gasteiger partial charge on any atom is -0.481 e. The molecule has 1 aromatic rings. The van der Waals surface area contributed by atoms with Crippen LogP contribution < -0.4 is 10.6 Å². The fraction of sp³-hybridized carbons (Fsp3) is 0.556. The molecule has 24 heavy (non-hydrogen) atoms. The number of benzene rings is 1. The van der Waals surface area contributed by atoms with Crippen LogP contribution in [-0.4, -0.2) is 28.9 Å². The summed E-state index contributed by atoms with van der Waals surface area (Å²) in [6, 6.07) is 5.83. The van der Waals surface area contributed by atoms with Gasteiger partial charge in [-0.1, -0.05) is 19.3 Å². The summed E-state index contributed by atoms with van der Waals surface area (Å²) in [6.45, 7) is 2.35. The second-order valence-electron chi connectivity index (χ2n) is 6.23. The lowest BCUT2D eigenvalue weighted by Crippen LogP contribution is -2.30. The van der Waals surface area contributed by atoms with Crippen LogP contribution in [0.2, 0.25) is 0 Å². The first-order valence-corrected chi connectivity index (χ1v) is 9.46. The van der Waals surface area contributed by atoms with Crippen LogP contribution in [0.25, 0.3) is 0 Å². The average Bonchev–Trinajstić information content (AvgIpc) is 2.55. The first-order valence-electron chi connectivity index (χ1n) is 8.58. The van der Waals surface area contributed by atoms with Gasteiger partial charge in [0.2, 0.25) is 0 Å². The van der Waals surface area contributed by atoms with Gasteiger partial charge in [-0.25, -0.2) is 4.79 Å². The highest BCUT2D eigenvalue weighted by molar-refractivity contribution is 8.00. The molecule has 0 atom stereocenters. The Bertz CT molecular complexity index is 571. The van der Waals surface area contributed by atoms with Gasteiger partial charge in [-0.2, -0.15) is 0 Å². The van der Waals surface area contributed by atoms with E-state index in [9.17, 15) is 9.59 Å². The maximum atomic E-state index is 11.8. The molecule has 0 heterocycles. The minimum absolute atomic E-state index is 0.0619. The van der Waals surface area contributed by atoms with Crippen molar-refractivity contribution in [3.05, 3.63) is 23.8 Å². The fourth-order valence-electron chi connectivity index (χ4n) is 2.83. The summed E-state index contributed by atoms with van der Waals surface area (Å²) >= 11 is 1.94. The number of carbonyl (C=O) groups excluding carboxylic acids is 1. The molecule has 0 radical (unpaired) electrons. The molecule has 1 aliphatic carbocycles. The van der Waals surface area contributed by atoms with E-state index in [1.165, 1.54) is 37.0 Å². The lowest BCUT2D eigenvalue weighted by Gasteiger charge is -2.21. The van der Waals surface area contributed by atoms with Gasteiger partial charge in [0.05, 0.1) is 0 Å². The van der Waals surface area contributed by atoms with Gasteiger partial charge in [0.15, 0.2) is 0 Å². The zero-order valence-corrected chi connectivity index (χ0v) is 15.0. The third-order valence-corrected chi connectivity index (χ3v) is 5.48. The topological polar surface area (TPSA) is 78.4 Å². The second kappa shape index (κ2) is 9.57. The van der Waals surface area contributed by atoms with E-state index >= 15 is 0 Å². The molecule has 2 rings (SSSR count). The van der Waals surface area contributed by atoms with Crippen molar-refractivity contribution in [2.45, 2.75) is 62.0 Å². The summed E-state index contributed by atoms with van der Waals surface area (Å²) in [7, 11) is 0. The minimum atomic E-state index is -0.848. The lowest BCUT2D eigenvalue weighted by atomic mass is 10.0. The predicted octanol–water partition coefficient (Wildman–Crippen LogP) is 4.41. The van der Waals surface area contributed by atoms with Crippen LogP contribution in [0.15, 0.2) is 23.1 Å².